The first kappa shape index (κ1) is 19.2. The van der Waals surface area contributed by atoms with E-state index in [4.69, 9.17) is 0 Å². The van der Waals surface area contributed by atoms with Gasteiger partial charge in [0, 0.05) is 3.57 Å². The molecule has 0 unspecified atom stereocenters. The van der Waals surface area contributed by atoms with Crippen LogP contribution in [-0.4, -0.2) is 17.4 Å². The Hall–Kier alpha value is -2.12. The Labute approximate surface area is 182 Å². The van der Waals surface area contributed by atoms with Crippen molar-refractivity contribution in [1.82, 2.24) is 5.43 Å². The fourth-order valence-electron chi connectivity index (χ4n) is 3.40. The van der Waals surface area contributed by atoms with Gasteiger partial charge in [0.15, 0.2) is 0 Å². The number of benzene rings is 3. The fraction of sp³-hybridized carbons (Fsp3) is 0.130. The molecule has 5 heteroatoms. The van der Waals surface area contributed by atoms with Crippen LogP contribution in [0.1, 0.15) is 28.9 Å². The molecule has 0 aromatic heterocycles. The number of hydrogen-bond acceptors (Lipinski definition) is 3. The van der Waals surface area contributed by atoms with Crippen molar-refractivity contribution in [2.75, 3.05) is 5.75 Å². The van der Waals surface area contributed by atoms with Crippen LogP contribution in [0.15, 0.2) is 77.9 Å². The molecule has 0 atom stereocenters. The number of fused-ring (bicyclic) bond motifs is 3. The highest BCUT2D eigenvalue weighted by Crippen LogP contribution is 2.49. The Morgan fingerprint density at radius 2 is 1.64 bits per heavy atom. The summed E-state index contributed by atoms with van der Waals surface area (Å²) in [4.78, 5) is 12.4. The summed E-state index contributed by atoms with van der Waals surface area (Å²) in [6.45, 7) is 1.91. The second-order valence-corrected chi connectivity index (χ2v) is 8.95. The van der Waals surface area contributed by atoms with Crippen molar-refractivity contribution in [2.24, 2.45) is 5.10 Å². The molecule has 1 aliphatic rings. The molecule has 1 N–H and O–H groups in total. The summed E-state index contributed by atoms with van der Waals surface area (Å²) in [6.07, 6.45) is 0. The maximum atomic E-state index is 12.4. The molecule has 0 spiro atoms. The van der Waals surface area contributed by atoms with Gasteiger partial charge in [-0.3, -0.25) is 4.79 Å². The van der Waals surface area contributed by atoms with E-state index in [9.17, 15) is 4.79 Å². The van der Waals surface area contributed by atoms with E-state index in [1.165, 1.54) is 22.3 Å². The van der Waals surface area contributed by atoms with E-state index in [0.29, 0.717) is 5.75 Å². The smallest absolute Gasteiger partial charge is 0.250 e. The van der Waals surface area contributed by atoms with Gasteiger partial charge in [0.2, 0.25) is 5.91 Å². The van der Waals surface area contributed by atoms with Crippen LogP contribution in [0.3, 0.4) is 0 Å². The molecule has 0 aliphatic heterocycles. The number of hydrogen-bond donors (Lipinski definition) is 1. The summed E-state index contributed by atoms with van der Waals surface area (Å²) in [5, 5.41) is 4.45. The van der Waals surface area contributed by atoms with Crippen molar-refractivity contribution in [2.45, 2.75) is 12.2 Å². The third kappa shape index (κ3) is 4.00. The molecule has 3 aromatic rings. The highest BCUT2D eigenvalue weighted by molar-refractivity contribution is 14.1. The van der Waals surface area contributed by atoms with Gasteiger partial charge in [0.05, 0.1) is 16.7 Å². The lowest BCUT2D eigenvalue weighted by Crippen LogP contribution is -2.21. The van der Waals surface area contributed by atoms with E-state index in [1.54, 1.807) is 11.8 Å². The summed E-state index contributed by atoms with van der Waals surface area (Å²) in [5.41, 5.74) is 9.60. The molecule has 28 heavy (non-hydrogen) atoms. The number of halogens is 1. The maximum Gasteiger partial charge on any atom is 0.250 e. The molecule has 140 valence electrons. The van der Waals surface area contributed by atoms with Gasteiger partial charge in [-0.2, -0.15) is 5.10 Å². The lowest BCUT2D eigenvalue weighted by atomic mass is 10.1. The summed E-state index contributed by atoms with van der Waals surface area (Å²) in [7, 11) is 0. The minimum atomic E-state index is -0.0863. The van der Waals surface area contributed by atoms with E-state index in [2.05, 4.69) is 81.6 Å². The predicted octanol–water partition coefficient (Wildman–Crippen LogP) is 5.63. The van der Waals surface area contributed by atoms with Crippen LogP contribution < -0.4 is 5.43 Å². The average molecular weight is 498 g/mol. The normalized spacial score (nSPS) is 13.1. The van der Waals surface area contributed by atoms with Crippen LogP contribution in [0.2, 0.25) is 0 Å². The second kappa shape index (κ2) is 8.49. The summed E-state index contributed by atoms with van der Waals surface area (Å²) in [6, 6.07) is 24.9. The lowest BCUT2D eigenvalue weighted by molar-refractivity contribution is -0.118. The highest BCUT2D eigenvalue weighted by Gasteiger charge is 2.28. The number of nitrogens with zero attached hydrogens (tertiary/aromatic N) is 1. The quantitative estimate of drug-likeness (QED) is 0.281. The van der Waals surface area contributed by atoms with E-state index in [0.717, 1.165) is 14.8 Å². The van der Waals surface area contributed by atoms with Crippen LogP contribution >= 0.6 is 34.4 Å². The predicted molar refractivity (Wildman–Crippen MR) is 126 cm³/mol. The van der Waals surface area contributed by atoms with Gasteiger partial charge in [-0.15, -0.1) is 11.8 Å². The zero-order chi connectivity index (χ0) is 19.5. The third-order valence-corrected chi connectivity index (χ3v) is 6.69. The van der Waals surface area contributed by atoms with Gasteiger partial charge in [-0.1, -0.05) is 60.7 Å². The van der Waals surface area contributed by atoms with E-state index >= 15 is 0 Å². The molecular weight excluding hydrogens is 479 g/mol. The Morgan fingerprint density at radius 3 is 2.29 bits per heavy atom. The molecule has 3 aromatic carbocycles. The van der Waals surface area contributed by atoms with E-state index < -0.39 is 0 Å². The largest absolute Gasteiger partial charge is 0.272 e. The number of thioether (sulfide) groups is 1. The van der Waals surface area contributed by atoms with Crippen molar-refractivity contribution in [3.63, 3.8) is 0 Å². The van der Waals surface area contributed by atoms with Crippen molar-refractivity contribution >= 4 is 46.0 Å². The van der Waals surface area contributed by atoms with E-state index in [1.807, 2.05) is 31.2 Å². The Kier molecular flexibility index (Phi) is 5.82. The molecule has 3 nitrogen and oxygen atoms in total. The Balaban J connectivity index is 1.43. The number of rotatable bonds is 5. The summed E-state index contributed by atoms with van der Waals surface area (Å²) >= 11 is 3.92. The van der Waals surface area contributed by atoms with Crippen LogP contribution in [-0.2, 0) is 4.79 Å². The highest BCUT2D eigenvalue weighted by atomic mass is 127. The standard InChI is InChI=1S/C23H19IN2OS/c1-15(16-7-6-8-17(24)13-16)25-26-22(27)14-28-23-20-11-4-2-9-18(20)19-10-3-5-12-21(19)23/h2-13,23H,14H2,1H3,(H,26,27)/b25-15-. The molecule has 1 amide bonds. The SMILES string of the molecule is C/C(=N/NC(=O)CSC1c2ccccc2-c2ccccc21)c1cccc(I)c1. The van der Waals surface area contributed by atoms with Gasteiger partial charge in [0.1, 0.15) is 0 Å². The van der Waals surface area contributed by atoms with Gasteiger partial charge >= 0.3 is 0 Å². The minimum absolute atomic E-state index is 0.0863. The van der Waals surface area contributed by atoms with Crippen molar-refractivity contribution in [3.8, 4) is 11.1 Å². The first-order valence-corrected chi connectivity index (χ1v) is 11.1. The van der Waals surface area contributed by atoms with Crippen molar-refractivity contribution < 1.29 is 4.79 Å². The number of nitrogens with one attached hydrogen (secondary N) is 1. The van der Waals surface area contributed by atoms with Gasteiger partial charge in [0.25, 0.3) is 0 Å². The lowest BCUT2D eigenvalue weighted by Gasteiger charge is -2.12. The number of amides is 1. The molecule has 0 bridgehead atoms. The zero-order valence-electron chi connectivity index (χ0n) is 15.4. The monoisotopic (exact) mass is 498 g/mol. The maximum absolute atomic E-state index is 12.4. The van der Waals surface area contributed by atoms with Crippen LogP contribution in [0, 0.1) is 3.57 Å². The van der Waals surface area contributed by atoms with E-state index in [-0.39, 0.29) is 11.2 Å². The zero-order valence-corrected chi connectivity index (χ0v) is 18.3. The number of hydrazone groups is 1. The fourth-order valence-corrected chi connectivity index (χ4v) is 5.10. The minimum Gasteiger partial charge on any atom is -0.272 e. The Bertz CT molecular complexity index is 1020. The van der Waals surface area contributed by atoms with Gasteiger partial charge in [-0.25, -0.2) is 5.43 Å². The second-order valence-electron chi connectivity index (χ2n) is 6.61. The molecule has 1 aliphatic carbocycles. The first-order chi connectivity index (χ1) is 13.6. The van der Waals surface area contributed by atoms with Crippen molar-refractivity contribution in [1.29, 1.82) is 0 Å². The van der Waals surface area contributed by atoms with Gasteiger partial charge < -0.3 is 0 Å². The topological polar surface area (TPSA) is 41.5 Å². The molecule has 0 radical (unpaired) electrons. The first-order valence-electron chi connectivity index (χ1n) is 9.02. The van der Waals surface area contributed by atoms with Crippen molar-refractivity contribution in [3.05, 3.63) is 93.1 Å². The number of carbonyl (C=O) groups excluding carboxylic acids is 1. The van der Waals surface area contributed by atoms with Crippen LogP contribution in [0.25, 0.3) is 11.1 Å². The molecular formula is C23H19IN2OS. The Morgan fingerprint density at radius 1 is 1.00 bits per heavy atom. The van der Waals surface area contributed by atoms with Gasteiger partial charge in [-0.05, 0) is 69.5 Å². The third-order valence-electron chi connectivity index (χ3n) is 4.75. The molecule has 0 saturated carbocycles. The average Bonchev–Trinajstić information content (AvgIpc) is 3.04. The molecule has 4 rings (SSSR count). The molecule has 0 saturated heterocycles. The van der Waals surface area contributed by atoms with Crippen LogP contribution in [0.5, 0.6) is 0 Å². The summed E-state index contributed by atoms with van der Waals surface area (Å²) in [5.74, 6) is 0.271. The molecule has 0 heterocycles. The molecule has 0 fully saturated rings. The number of carbonyl (C=O) groups is 1. The summed E-state index contributed by atoms with van der Waals surface area (Å²) < 4.78 is 1.14. The van der Waals surface area contributed by atoms with Crippen LogP contribution in [0.4, 0.5) is 0 Å².